The van der Waals surface area contributed by atoms with Gasteiger partial charge in [0.15, 0.2) is 0 Å². The molecule has 25 heavy (non-hydrogen) atoms. The quantitative estimate of drug-likeness (QED) is 0.879. The minimum absolute atomic E-state index is 0.235. The lowest BCUT2D eigenvalue weighted by atomic mass is 10.1. The van der Waals surface area contributed by atoms with Gasteiger partial charge < -0.3 is 5.32 Å². The number of nitrogens with zero attached hydrogens (tertiary/aromatic N) is 1. The fourth-order valence-corrected chi connectivity index (χ4v) is 2.99. The summed E-state index contributed by atoms with van der Waals surface area (Å²) in [7, 11) is 0. The largest absolute Gasteiger partial charge is 0.418 e. The van der Waals surface area contributed by atoms with Crippen molar-refractivity contribution in [3.63, 3.8) is 0 Å². The van der Waals surface area contributed by atoms with Crippen LogP contribution in [0.2, 0.25) is 0 Å². The third-order valence-corrected chi connectivity index (χ3v) is 4.30. The van der Waals surface area contributed by atoms with Gasteiger partial charge >= 0.3 is 6.18 Å². The number of rotatable bonds is 4. The van der Waals surface area contributed by atoms with Gasteiger partial charge in [-0.05, 0) is 55.8 Å². The van der Waals surface area contributed by atoms with E-state index >= 15 is 0 Å². The van der Waals surface area contributed by atoms with E-state index in [1.54, 1.807) is 12.1 Å². The van der Waals surface area contributed by atoms with E-state index < -0.39 is 17.6 Å². The van der Waals surface area contributed by atoms with Crippen LogP contribution in [0.15, 0.2) is 48.5 Å². The van der Waals surface area contributed by atoms with E-state index in [4.69, 9.17) is 0 Å². The fraction of sp³-hybridized carbons (Fsp3) is 0.316. The highest BCUT2D eigenvalue weighted by Crippen LogP contribution is 2.34. The topological polar surface area (TPSA) is 32.3 Å². The summed E-state index contributed by atoms with van der Waals surface area (Å²) in [6.07, 6.45) is -2.10. The molecule has 0 unspecified atom stereocenters. The maximum atomic E-state index is 13.0. The second-order valence-corrected chi connectivity index (χ2v) is 6.18. The van der Waals surface area contributed by atoms with Crippen LogP contribution in [-0.4, -0.2) is 23.9 Å². The molecule has 0 bridgehead atoms. The Balaban J connectivity index is 1.69. The highest BCUT2D eigenvalue weighted by molar-refractivity contribution is 6.04. The molecule has 3 nitrogen and oxygen atoms in total. The molecule has 0 spiro atoms. The number of carbonyl (C=O) groups is 1. The normalized spacial score (nSPS) is 15.3. The van der Waals surface area contributed by atoms with Gasteiger partial charge in [0.2, 0.25) is 0 Å². The monoisotopic (exact) mass is 348 g/mol. The molecule has 1 fully saturated rings. The van der Waals surface area contributed by atoms with E-state index in [0.29, 0.717) is 5.56 Å². The molecule has 132 valence electrons. The first-order chi connectivity index (χ1) is 11.9. The average Bonchev–Trinajstić information content (AvgIpc) is 3.08. The number of benzene rings is 2. The Labute approximate surface area is 144 Å². The van der Waals surface area contributed by atoms with Crippen LogP contribution in [0, 0.1) is 0 Å². The Morgan fingerprint density at radius 2 is 1.64 bits per heavy atom. The number of alkyl halides is 3. The third-order valence-electron chi connectivity index (χ3n) is 4.30. The van der Waals surface area contributed by atoms with Crippen molar-refractivity contribution in [1.82, 2.24) is 4.90 Å². The van der Waals surface area contributed by atoms with Crippen molar-refractivity contribution >= 4 is 11.6 Å². The molecular formula is C19H19F3N2O. The predicted molar refractivity (Wildman–Crippen MR) is 90.4 cm³/mol. The fourth-order valence-electron chi connectivity index (χ4n) is 2.99. The SMILES string of the molecule is O=C(Nc1ccccc1C(F)(F)F)c1ccc(CN2CCCC2)cc1. The number of para-hydroxylation sites is 1. The van der Waals surface area contributed by atoms with E-state index in [-0.39, 0.29) is 5.69 Å². The van der Waals surface area contributed by atoms with E-state index in [1.165, 1.54) is 31.0 Å². The molecule has 1 aliphatic rings. The van der Waals surface area contributed by atoms with Crippen molar-refractivity contribution < 1.29 is 18.0 Å². The van der Waals surface area contributed by atoms with E-state index in [1.807, 2.05) is 12.1 Å². The molecule has 1 saturated heterocycles. The Kier molecular flexibility index (Phi) is 5.08. The minimum atomic E-state index is -4.51. The molecule has 6 heteroatoms. The predicted octanol–water partition coefficient (Wildman–Crippen LogP) is 4.55. The number of halogens is 3. The summed E-state index contributed by atoms with van der Waals surface area (Å²) in [4.78, 5) is 14.6. The summed E-state index contributed by atoms with van der Waals surface area (Å²) in [5, 5.41) is 2.36. The maximum absolute atomic E-state index is 13.0. The molecule has 0 atom stereocenters. The van der Waals surface area contributed by atoms with Gasteiger partial charge in [-0.15, -0.1) is 0 Å². The molecule has 0 aliphatic carbocycles. The average molecular weight is 348 g/mol. The van der Waals surface area contributed by atoms with Crippen LogP contribution < -0.4 is 5.32 Å². The first-order valence-electron chi connectivity index (χ1n) is 8.22. The maximum Gasteiger partial charge on any atom is 0.418 e. The van der Waals surface area contributed by atoms with Crippen molar-refractivity contribution in [1.29, 1.82) is 0 Å². The molecular weight excluding hydrogens is 329 g/mol. The van der Waals surface area contributed by atoms with Crippen molar-refractivity contribution in [2.75, 3.05) is 18.4 Å². The van der Waals surface area contributed by atoms with Gasteiger partial charge in [-0.25, -0.2) is 0 Å². The van der Waals surface area contributed by atoms with Gasteiger partial charge in [0.25, 0.3) is 5.91 Å². The second-order valence-electron chi connectivity index (χ2n) is 6.18. The Hall–Kier alpha value is -2.34. The number of hydrogen-bond acceptors (Lipinski definition) is 2. The van der Waals surface area contributed by atoms with Gasteiger partial charge in [0.1, 0.15) is 0 Å². The van der Waals surface area contributed by atoms with Gasteiger partial charge in [0, 0.05) is 12.1 Å². The van der Waals surface area contributed by atoms with Crippen LogP contribution in [0.1, 0.15) is 34.3 Å². The number of anilines is 1. The smallest absolute Gasteiger partial charge is 0.321 e. The zero-order chi connectivity index (χ0) is 17.9. The van der Waals surface area contributed by atoms with E-state index in [0.717, 1.165) is 31.3 Å². The summed E-state index contributed by atoms with van der Waals surface area (Å²) in [6, 6.07) is 12.0. The summed E-state index contributed by atoms with van der Waals surface area (Å²) >= 11 is 0. The van der Waals surface area contributed by atoms with Gasteiger partial charge in [-0.1, -0.05) is 24.3 Å². The highest BCUT2D eigenvalue weighted by atomic mass is 19.4. The van der Waals surface area contributed by atoms with Gasteiger partial charge in [0.05, 0.1) is 11.3 Å². The van der Waals surface area contributed by atoms with Crippen LogP contribution in [0.5, 0.6) is 0 Å². The first-order valence-corrected chi connectivity index (χ1v) is 8.22. The van der Waals surface area contributed by atoms with E-state index in [2.05, 4.69) is 10.2 Å². The van der Waals surface area contributed by atoms with E-state index in [9.17, 15) is 18.0 Å². The highest BCUT2D eigenvalue weighted by Gasteiger charge is 2.33. The Morgan fingerprint density at radius 3 is 2.28 bits per heavy atom. The van der Waals surface area contributed by atoms with Crippen LogP contribution in [0.25, 0.3) is 0 Å². The van der Waals surface area contributed by atoms with Crippen molar-refractivity contribution in [3.05, 3.63) is 65.2 Å². The number of hydrogen-bond donors (Lipinski definition) is 1. The number of carbonyl (C=O) groups excluding carboxylic acids is 1. The molecule has 1 aliphatic heterocycles. The third kappa shape index (κ3) is 4.39. The van der Waals surface area contributed by atoms with Crippen LogP contribution >= 0.6 is 0 Å². The minimum Gasteiger partial charge on any atom is -0.321 e. The molecule has 1 amide bonds. The lowest BCUT2D eigenvalue weighted by molar-refractivity contribution is -0.136. The van der Waals surface area contributed by atoms with Crippen molar-refractivity contribution in [3.8, 4) is 0 Å². The van der Waals surface area contributed by atoms with Gasteiger partial charge in [-0.2, -0.15) is 13.2 Å². The number of likely N-dealkylation sites (tertiary alicyclic amines) is 1. The Morgan fingerprint density at radius 1 is 1.00 bits per heavy atom. The van der Waals surface area contributed by atoms with Crippen molar-refractivity contribution in [2.24, 2.45) is 0 Å². The number of nitrogens with one attached hydrogen (secondary N) is 1. The van der Waals surface area contributed by atoms with Crippen LogP contribution in [0.4, 0.5) is 18.9 Å². The molecule has 1 N–H and O–H groups in total. The summed E-state index contributed by atoms with van der Waals surface area (Å²) in [5.74, 6) is -0.551. The Bertz CT molecular complexity index is 735. The van der Waals surface area contributed by atoms with Crippen LogP contribution in [0.3, 0.4) is 0 Å². The second kappa shape index (κ2) is 7.27. The molecule has 0 saturated carbocycles. The molecule has 2 aromatic rings. The van der Waals surface area contributed by atoms with Crippen molar-refractivity contribution in [2.45, 2.75) is 25.6 Å². The summed E-state index contributed by atoms with van der Waals surface area (Å²) < 4.78 is 39.0. The lowest BCUT2D eigenvalue weighted by Gasteiger charge is -2.15. The molecule has 3 rings (SSSR count). The number of amides is 1. The summed E-state index contributed by atoms with van der Waals surface area (Å²) in [6.45, 7) is 2.99. The molecule has 0 aromatic heterocycles. The summed E-state index contributed by atoms with van der Waals surface area (Å²) in [5.41, 5.74) is 0.339. The lowest BCUT2D eigenvalue weighted by Crippen LogP contribution is -2.19. The first kappa shape index (κ1) is 17.5. The van der Waals surface area contributed by atoms with Gasteiger partial charge in [-0.3, -0.25) is 9.69 Å². The zero-order valence-corrected chi connectivity index (χ0v) is 13.6. The molecule has 0 radical (unpaired) electrons. The standard InChI is InChI=1S/C19H19F3N2O/c20-19(21,22)16-5-1-2-6-17(16)23-18(25)15-9-7-14(8-10-15)13-24-11-3-4-12-24/h1-2,5-10H,3-4,11-13H2,(H,23,25). The molecule has 2 aromatic carbocycles. The van der Waals surface area contributed by atoms with Crippen LogP contribution in [-0.2, 0) is 12.7 Å². The molecule has 1 heterocycles. The zero-order valence-electron chi connectivity index (χ0n) is 13.6.